The highest BCUT2D eigenvalue weighted by Crippen LogP contribution is 2.27. The zero-order chi connectivity index (χ0) is 17.9. The molecule has 0 aromatic heterocycles. The Hall–Kier alpha value is -3.66. The van der Waals surface area contributed by atoms with Crippen LogP contribution in [-0.2, 0) is 4.79 Å². The number of aliphatic imine (C=N–C) groups is 1. The van der Waals surface area contributed by atoms with Crippen LogP contribution in [0.3, 0.4) is 0 Å². The van der Waals surface area contributed by atoms with E-state index in [1.54, 1.807) is 35.2 Å². The first-order valence-electron chi connectivity index (χ1n) is 8.27. The van der Waals surface area contributed by atoms with E-state index in [9.17, 15) is 9.90 Å². The first-order valence-corrected chi connectivity index (χ1v) is 8.27. The van der Waals surface area contributed by atoms with E-state index < -0.39 is 0 Å². The Morgan fingerprint density at radius 2 is 1.42 bits per heavy atom. The van der Waals surface area contributed by atoms with Gasteiger partial charge in [-0.15, -0.1) is 0 Å². The fourth-order valence-corrected chi connectivity index (χ4v) is 2.84. The molecule has 0 aliphatic carbocycles. The highest BCUT2D eigenvalue weighted by Gasteiger charge is 2.32. The quantitative estimate of drug-likeness (QED) is 0.726. The van der Waals surface area contributed by atoms with E-state index in [2.05, 4.69) is 4.99 Å². The summed E-state index contributed by atoms with van der Waals surface area (Å²) in [5.41, 5.74) is 2.81. The molecule has 1 N–H and O–H groups in total. The molecule has 126 valence electrons. The monoisotopic (exact) mass is 340 g/mol. The van der Waals surface area contributed by atoms with Crippen molar-refractivity contribution in [2.45, 2.75) is 0 Å². The van der Waals surface area contributed by atoms with Gasteiger partial charge < -0.3 is 5.11 Å². The minimum atomic E-state index is -0.178. The van der Waals surface area contributed by atoms with Gasteiger partial charge in [-0.05, 0) is 35.9 Å². The van der Waals surface area contributed by atoms with E-state index in [4.69, 9.17) is 0 Å². The third kappa shape index (κ3) is 3.00. The summed E-state index contributed by atoms with van der Waals surface area (Å²) in [6.07, 6.45) is 1.73. The lowest BCUT2D eigenvalue weighted by molar-refractivity contribution is -0.113. The van der Waals surface area contributed by atoms with Crippen LogP contribution in [-0.4, -0.2) is 16.8 Å². The van der Waals surface area contributed by atoms with Gasteiger partial charge in [-0.2, -0.15) is 0 Å². The number of amides is 1. The van der Waals surface area contributed by atoms with Gasteiger partial charge in [-0.25, -0.2) is 4.99 Å². The molecule has 0 saturated carbocycles. The van der Waals surface area contributed by atoms with Gasteiger partial charge in [0.05, 0.1) is 5.69 Å². The molecule has 26 heavy (non-hydrogen) atoms. The highest BCUT2D eigenvalue weighted by atomic mass is 16.3. The third-order valence-electron chi connectivity index (χ3n) is 4.10. The van der Waals surface area contributed by atoms with Gasteiger partial charge in [0.1, 0.15) is 17.3 Å². The van der Waals surface area contributed by atoms with Crippen molar-refractivity contribution >= 4 is 23.5 Å². The second kappa shape index (κ2) is 6.69. The van der Waals surface area contributed by atoms with E-state index in [1.807, 2.05) is 60.7 Å². The highest BCUT2D eigenvalue weighted by molar-refractivity contribution is 6.33. The first kappa shape index (κ1) is 15.8. The molecule has 0 atom stereocenters. The van der Waals surface area contributed by atoms with E-state index in [0.29, 0.717) is 11.5 Å². The normalized spacial score (nSPS) is 15.4. The molecule has 1 aliphatic heterocycles. The average Bonchev–Trinajstić information content (AvgIpc) is 3.01. The molecule has 0 bridgehead atoms. The van der Waals surface area contributed by atoms with Crippen molar-refractivity contribution in [3.05, 3.63) is 102 Å². The molecular weight excluding hydrogens is 324 g/mol. The Kier molecular flexibility index (Phi) is 4.07. The zero-order valence-electron chi connectivity index (χ0n) is 13.9. The second-order valence-electron chi connectivity index (χ2n) is 5.90. The van der Waals surface area contributed by atoms with Crippen LogP contribution in [0, 0.1) is 0 Å². The molecule has 1 amide bonds. The van der Waals surface area contributed by atoms with Crippen molar-refractivity contribution in [1.82, 2.24) is 0 Å². The summed E-state index contributed by atoms with van der Waals surface area (Å²) in [5, 5.41) is 9.43. The molecule has 0 saturated heterocycles. The number of hydrogen-bond acceptors (Lipinski definition) is 3. The summed E-state index contributed by atoms with van der Waals surface area (Å²) >= 11 is 0. The van der Waals surface area contributed by atoms with Crippen LogP contribution in [0.15, 0.2) is 95.6 Å². The maximum Gasteiger partial charge on any atom is 0.282 e. The van der Waals surface area contributed by atoms with Crippen LogP contribution in [0.5, 0.6) is 5.75 Å². The first-order chi connectivity index (χ1) is 12.7. The predicted molar refractivity (Wildman–Crippen MR) is 103 cm³/mol. The molecular formula is C22H16N2O2. The van der Waals surface area contributed by atoms with Gasteiger partial charge in [-0.3, -0.25) is 9.69 Å². The minimum Gasteiger partial charge on any atom is -0.508 e. The maximum absolute atomic E-state index is 13.1. The fourth-order valence-electron chi connectivity index (χ4n) is 2.84. The Morgan fingerprint density at radius 3 is 2.08 bits per heavy atom. The molecule has 0 spiro atoms. The number of para-hydroxylation sites is 1. The molecule has 3 aromatic rings. The van der Waals surface area contributed by atoms with E-state index >= 15 is 0 Å². The van der Waals surface area contributed by atoms with Crippen LogP contribution >= 0.6 is 0 Å². The van der Waals surface area contributed by atoms with Crippen LogP contribution < -0.4 is 4.90 Å². The largest absolute Gasteiger partial charge is 0.508 e. The summed E-state index contributed by atoms with van der Waals surface area (Å²) in [5.74, 6) is 0.610. The smallest absolute Gasteiger partial charge is 0.282 e. The van der Waals surface area contributed by atoms with Gasteiger partial charge in [0.15, 0.2) is 0 Å². The zero-order valence-corrected chi connectivity index (χ0v) is 13.9. The summed E-state index contributed by atoms with van der Waals surface area (Å²) in [4.78, 5) is 19.3. The van der Waals surface area contributed by atoms with Crippen LogP contribution in [0.25, 0.3) is 6.08 Å². The number of nitrogens with zero attached hydrogens (tertiary/aromatic N) is 2. The second-order valence-corrected chi connectivity index (χ2v) is 5.90. The van der Waals surface area contributed by atoms with Crippen LogP contribution in [0.2, 0.25) is 0 Å². The average molecular weight is 340 g/mol. The Labute approximate surface area is 151 Å². The van der Waals surface area contributed by atoms with E-state index in [0.717, 1.165) is 16.8 Å². The standard InChI is InChI=1S/C22H16N2O2/c25-19-13-11-16(12-14-19)15-20-22(26)24(18-9-5-2-6-10-18)21(23-20)17-7-3-1-4-8-17/h1-15,25H/b20-15-. The van der Waals surface area contributed by atoms with Crippen molar-refractivity contribution in [3.8, 4) is 5.75 Å². The maximum atomic E-state index is 13.1. The number of benzene rings is 3. The molecule has 0 fully saturated rings. The Bertz CT molecular complexity index is 991. The molecule has 0 radical (unpaired) electrons. The van der Waals surface area contributed by atoms with Gasteiger partial charge in [0.2, 0.25) is 0 Å². The van der Waals surface area contributed by atoms with Crippen molar-refractivity contribution in [3.63, 3.8) is 0 Å². The minimum absolute atomic E-state index is 0.178. The van der Waals surface area contributed by atoms with E-state index in [1.165, 1.54) is 0 Å². The van der Waals surface area contributed by atoms with Gasteiger partial charge >= 0.3 is 0 Å². The number of amidine groups is 1. The number of carbonyl (C=O) groups excluding carboxylic acids is 1. The third-order valence-corrected chi connectivity index (χ3v) is 4.10. The SMILES string of the molecule is O=C1/C(=C/c2ccc(O)cc2)N=C(c2ccccc2)N1c1ccccc1. The van der Waals surface area contributed by atoms with Crippen LogP contribution in [0.4, 0.5) is 5.69 Å². The molecule has 1 aliphatic rings. The molecule has 3 aromatic carbocycles. The lowest BCUT2D eigenvalue weighted by Crippen LogP contribution is -2.32. The number of aromatic hydroxyl groups is 1. The molecule has 4 rings (SSSR count). The van der Waals surface area contributed by atoms with Crippen molar-refractivity contribution in [1.29, 1.82) is 0 Å². The number of phenols is 1. The summed E-state index contributed by atoms with van der Waals surface area (Å²) in [7, 11) is 0. The number of hydrogen-bond donors (Lipinski definition) is 1. The van der Waals surface area contributed by atoms with Crippen LogP contribution in [0.1, 0.15) is 11.1 Å². The van der Waals surface area contributed by atoms with Crippen molar-refractivity contribution < 1.29 is 9.90 Å². The van der Waals surface area contributed by atoms with Gasteiger partial charge in [0, 0.05) is 5.56 Å². The molecule has 4 heteroatoms. The Morgan fingerprint density at radius 1 is 0.808 bits per heavy atom. The lowest BCUT2D eigenvalue weighted by Gasteiger charge is -2.18. The number of anilines is 1. The number of carbonyl (C=O) groups is 1. The topological polar surface area (TPSA) is 52.9 Å². The van der Waals surface area contributed by atoms with Gasteiger partial charge in [-0.1, -0.05) is 60.7 Å². The predicted octanol–water partition coefficient (Wildman–Crippen LogP) is 4.23. The van der Waals surface area contributed by atoms with Crippen molar-refractivity contribution in [2.75, 3.05) is 4.90 Å². The molecule has 0 unspecified atom stereocenters. The number of phenolic OH excluding ortho intramolecular Hbond substituents is 1. The fraction of sp³-hybridized carbons (Fsp3) is 0. The number of rotatable bonds is 3. The summed E-state index contributed by atoms with van der Waals surface area (Å²) < 4.78 is 0. The van der Waals surface area contributed by atoms with Gasteiger partial charge in [0.25, 0.3) is 5.91 Å². The summed E-state index contributed by atoms with van der Waals surface area (Å²) in [6.45, 7) is 0. The van der Waals surface area contributed by atoms with E-state index in [-0.39, 0.29) is 11.7 Å². The molecule has 4 nitrogen and oxygen atoms in total. The Balaban J connectivity index is 1.81. The molecule has 1 heterocycles. The summed E-state index contributed by atoms with van der Waals surface area (Å²) in [6, 6.07) is 25.8. The lowest BCUT2D eigenvalue weighted by atomic mass is 10.1. The van der Waals surface area contributed by atoms with Crippen molar-refractivity contribution in [2.24, 2.45) is 4.99 Å².